The van der Waals surface area contributed by atoms with Gasteiger partial charge in [-0.05, 0) is 6.42 Å². The van der Waals surface area contributed by atoms with Crippen LogP contribution in [0.25, 0.3) is 0 Å². The summed E-state index contributed by atoms with van der Waals surface area (Å²) in [6, 6.07) is 1.53. The third kappa shape index (κ3) is 4.56. The minimum absolute atomic E-state index is 0.000381. The molecule has 88 valence electrons. The fourth-order valence-corrected chi connectivity index (χ4v) is 2.04. The SMILES string of the molecule is CCCCCC(C#N)(CC(F)F)[SH](=O)=O. The molecule has 1 unspecified atom stereocenters. The number of halogens is 2. The molecule has 0 heterocycles. The minimum Gasteiger partial charge on any atom is -0.230 e. The van der Waals surface area contributed by atoms with E-state index in [1.807, 2.05) is 6.92 Å². The van der Waals surface area contributed by atoms with Crippen molar-refractivity contribution in [2.45, 2.75) is 50.2 Å². The molecule has 0 N–H and O–H groups in total. The minimum atomic E-state index is -3.14. The zero-order valence-corrected chi connectivity index (χ0v) is 9.47. The van der Waals surface area contributed by atoms with Crippen LogP contribution in [0.4, 0.5) is 8.78 Å². The number of hydrogen-bond donors (Lipinski definition) is 1. The molecule has 0 aliphatic carbocycles. The summed E-state index contributed by atoms with van der Waals surface area (Å²) in [7, 11) is -3.14. The number of thiol groups is 1. The van der Waals surface area contributed by atoms with E-state index < -0.39 is 28.3 Å². The predicted octanol–water partition coefficient (Wildman–Crippen LogP) is 2.10. The van der Waals surface area contributed by atoms with Gasteiger partial charge in [0, 0.05) is 6.42 Å². The Balaban J connectivity index is 4.61. The van der Waals surface area contributed by atoms with Crippen LogP contribution in [0.5, 0.6) is 0 Å². The van der Waals surface area contributed by atoms with Crippen LogP contribution < -0.4 is 0 Å². The van der Waals surface area contributed by atoms with Crippen LogP contribution in [0.15, 0.2) is 0 Å². The van der Waals surface area contributed by atoms with Crippen molar-refractivity contribution in [3.05, 3.63) is 0 Å². The molecule has 0 rings (SSSR count). The lowest BCUT2D eigenvalue weighted by molar-refractivity contribution is 0.127. The van der Waals surface area contributed by atoms with E-state index in [0.29, 0.717) is 6.42 Å². The van der Waals surface area contributed by atoms with Crippen molar-refractivity contribution < 1.29 is 17.2 Å². The molecule has 15 heavy (non-hydrogen) atoms. The van der Waals surface area contributed by atoms with Crippen molar-refractivity contribution in [1.82, 2.24) is 0 Å². The molecule has 0 aromatic heterocycles. The summed E-state index contributed by atoms with van der Waals surface area (Å²) in [6.45, 7) is 1.92. The number of hydrogen-bond acceptors (Lipinski definition) is 3. The Morgan fingerprint density at radius 2 is 2.00 bits per heavy atom. The molecule has 0 amide bonds. The zero-order chi connectivity index (χ0) is 11.9. The summed E-state index contributed by atoms with van der Waals surface area (Å²) in [6.07, 6.45) is -1.56. The van der Waals surface area contributed by atoms with Gasteiger partial charge >= 0.3 is 0 Å². The second-order valence-electron chi connectivity index (χ2n) is 3.45. The molecule has 0 saturated carbocycles. The van der Waals surface area contributed by atoms with Crippen LogP contribution in [0.2, 0.25) is 0 Å². The molecule has 1 atom stereocenters. The van der Waals surface area contributed by atoms with Crippen LogP contribution in [0.1, 0.15) is 39.0 Å². The molecule has 0 spiro atoms. The fraction of sp³-hybridized carbons (Fsp3) is 0.889. The summed E-state index contributed by atoms with van der Waals surface area (Å²) in [5.41, 5.74) is 0. The summed E-state index contributed by atoms with van der Waals surface area (Å²) >= 11 is 0. The average Bonchev–Trinajstić information content (AvgIpc) is 2.15. The third-order valence-electron chi connectivity index (χ3n) is 2.24. The first-order valence-electron chi connectivity index (χ1n) is 4.82. The van der Waals surface area contributed by atoms with Gasteiger partial charge in [0.05, 0.1) is 6.07 Å². The summed E-state index contributed by atoms with van der Waals surface area (Å²) in [4.78, 5) is 0. The quantitative estimate of drug-likeness (QED) is 0.546. The highest BCUT2D eigenvalue weighted by molar-refractivity contribution is 7.74. The monoisotopic (exact) mass is 239 g/mol. The molecule has 0 bridgehead atoms. The Hall–Kier alpha value is -0.700. The van der Waals surface area contributed by atoms with Crippen LogP contribution in [-0.4, -0.2) is 19.6 Å². The van der Waals surface area contributed by atoms with E-state index in [4.69, 9.17) is 5.26 Å². The Labute approximate surface area is 90.0 Å². The Morgan fingerprint density at radius 1 is 1.40 bits per heavy atom. The van der Waals surface area contributed by atoms with Crippen LogP contribution in [-0.2, 0) is 10.7 Å². The maximum atomic E-state index is 12.2. The highest BCUT2D eigenvalue weighted by Crippen LogP contribution is 2.26. The number of rotatable bonds is 7. The Bertz CT molecular complexity index is 291. The van der Waals surface area contributed by atoms with E-state index in [9.17, 15) is 17.2 Å². The van der Waals surface area contributed by atoms with Gasteiger partial charge in [0.1, 0.15) is 0 Å². The lowest BCUT2D eigenvalue weighted by Crippen LogP contribution is -2.31. The zero-order valence-electron chi connectivity index (χ0n) is 8.58. The second kappa shape index (κ2) is 6.72. The van der Waals surface area contributed by atoms with E-state index in [0.717, 1.165) is 12.8 Å². The molecule has 0 fully saturated rings. The first-order valence-corrected chi connectivity index (χ1v) is 6.00. The Kier molecular flexibility index (Phi) is 6.41. The van der Waals surface area contributed by atoms with Crippen molar-refractivity contribution >= 4 is 10.7 Å². The van der Waals surface area contributed by atoms with Crippen molar-refractivity contribution in [1.29, 1.82) is 5.26 Å². The molecular weight excluding hydrogens is 224 g/mol. The number of unbranched alkanes of at least 4 members (excludes halogenated alkanes) is 2. The van der Waals surface area contributed by atoms with Gasteiger partial charge in [0.2, 0.25) is 6.43 Å². The first kappa shape index (κ1) is 14.3. The lowest BCUT2D eigenvalue weighted by atomic mass is 9.98. The molecule has 0 aliphatic rings. The molecule has 0 radical (unpaired) electrons. The van der Waals surface area contributed by atoms with E-state index in [2.05, 4.69) is 0 Å². The van der Waals surface area contributed by atoms with Gasteiger partial charge in [0.15, 0.2) is 15.5 Å². The Morgan fingerprint density at radius 3 is 2.33 bits per heavy atom. The molecular formula is C9H15F2NO2S. The maximum Gasteiger partial charge on any atom is 0.241 e. The number of nitrogens with zero attached hydrogens (tertiary/aromatic N) is 1. The van der Waals surface area contributed by atoms with E-state index in [1.54, 1.807) is 0 Å². The summed E-state index contributed by atoms with van der Waals surface area (Å²) in [5, 5.41) is 8.73. The molecule has 3 nitrogen and oxygen atoms in total. The van der Waals surface area contributed by atoms with Gasteiger partial charge in [0.25, 0.3) is 0 Å². The third-order valence-corrected chi connectivity index (χ3v) is 3.45. The van der Waals surface area contributed by atoms with Gasteiger partial charge in [-0.15, -0.1) is 0 Å². The van der Waals surface area contributed by atoms with Crippen LogP contribution in [0, 0.1) is 11.3 Å². The standard InChI is InChI=1S/C9H15F2NO2S/c1-2-3-4-5-9(7-12,15(13)14)6-8(10)11/h8,15H,2-6H2,1H3. The normalized spacial score (nSPS) is 15.2. The molecule has 0 saturated heterocycles. The lowest BCUT2D eigenvalue weighted by Gasteiger charge is -2.19. The number of alkyl halides is 2. The summed E-state index contributed by atoms with van der Waals surface area (Å²) < 4.78 is 44.2. The van der Waals surface area contributed by atoms with E-state index in [1.165, 1.54) is 6.07 Å². The van der Waals surface area contributed by atoms with Crippen molar-refractivity contribution in [3.63, 3.8) is 0 Å². The molecule has 6 heteroatoms. The van der Waals surface area contributed by atoms with Gasteiger partial charge in [-0.2, -0.15) is 5.26 Å². The van der Waals surface area contributed by atoms with Gasteiger partial charge < -0.3 is 0 Å². The highest BCUT2D eigenvalue weighted by Gasteiger charge is 2.36. The van der Waals surface area contributed by atoms with Crippen molar-refractivity contribution in [3.8, 4) is 6.07 Å². The first-order chi connectivity index (χ1) is 6.98. The smallest absolute Gasteiger partial charge is 0.230 e. The van der Waals surface area contributed by atoms with Crippen LogP contribution >= 0.6 is 0 Å². The fourth-order valence-electron chi connectivity index (χ4n) is 1.33. The molecule has 0 aromatic rings. The maximum absolute atomic E-state index is 12.2. The predicted molar refractivity (Wildman–Crippen MR) is 53.4 cm³/mol. The second-order valence-corrected chi connectivity index (χ2v) is 4.82. The van der Waals surface area contributed by atoms with Gasteiger partial charge in [-0.1, -0.05) is 26.2 Å². The van der Waals surface area contributed by atoms with E-state index >= 15 is 0 Å². The topological polar surface area (TPSA) is 57.9 Å². The largest absolute Gasteiger partial charge is 0.241 e. The van der Waals surface area contributed by atoms with Gasteiger partial charge in [-0.3, -0.25) is 0 Å². The highest BCUT2D eigenvalue weighted by atomic mass is 32.2. The van der Waals surface area contributed by atoms with Gasteiger partial charge in [-0.25, -0.2) is 17.2 Å². The molecule has 0 aliphatic heterocycles. The number of nitriles is 1. The van der Waals surface area contributed by atoms with Crippen molar-refractivity contribution in [2.24, 2.45) is 0 Å². The van der Waals surface area contributed by atoms with Crippen molar-refractivity contribution in [2.75, 3.05) is 0 Å². The summed E-state index contributed by atoms with van der Waals surface area (Å²) in [5.74, 6) is 0. The average molecular weight is 239 g/mol. The van der Waals surface area contributed by atoms with E-state index in [-0.39, 0.29) is 6.42 Å². The molecule has 0 aromatic carbocycles. The van der Waals surface area contributed by atoms with Crippen LogP contribution in [0.3, 0.4) is 0 Å².